The number of anilines is 1. The number of hydrogen-bond donors (Lipinski definition) is 2. The molecule has 1 amide bonds. The van der Waals surface area contributed by atoms with Crippen molar-refractivity contribution in [2.24, 2.45) is 0 Å². The zero-order valence-electron chi connectivity index (χ0n) is 12.5. The maximum Gasteiger partial charge on any atom is 0.275 e. The van der Waals surface area contributed by atoms with Crippen LogP contribution < -0.4 is 5.32 Å². The van der Waals surface area contributed by atoms with E-state index < -0.39 is 0 Å². The number of hydrogen-bond acceptors (Lipinski definition) is 3. The Kier molecular flexibility index (Phi) is 3.05. The van der Waals surface area contributed by atoms with E-state index in [1.54, 1.807) is 24.4 Å². The minimum absolute atomic E-state index is 0.263. The number of carbonyl (C=O) groups excluding carboxylic acids is 1. The van der Waals surface area contributed by atoms with Gasteiger partial charge in [-0.15, -0.1) is 0 Å². The molecule has 5 nitrogen and oxygen atoms in total. The van der Waals surface area contributed by atoms with Crippen molar-refractivity contribution in [3.8, 4) is 0 Å². The molecule has 5 heteroatoms. The second-order valence-electron chi connectivity index (χ2n) is 5.42. The zero-order chi connectivity index (χ0) is 15.8. The van der Waals surface area contributed by atoms with E-state index in [0.717, 1.165) is 27.5 Å². The zero-order valence-corrected chi connectivity index (χ0v) is 12.5. The quantitative estimate of drug-likeness (QED) is 0.593. The van der Waals surface area contributed by atoms with E-state index in [1.165, 1.54) is 0 Å². The summed E-state index contributed by atoms with van der Waals surface area (Å²) in [5, 5.41) is 4.76. The van der Waals surface area contributed by atoms with Gasteiger partial charge in [-0.1, -0.05) is 24.3 Å². The maximum absolute atomic E-state index is 12.4. The first kappa shape index (κ1) is 13.5. The van der Waals surface area contributed by atoms with Crippen LogP contribution in [0, 0.1) is 6.92 Å². The molecule has 1 aromatic carbocycles. The molecule has 112 valence electrons. The molecule has 3 aromatic heterocycles. The van der Waals surface area contributed by atoms with Crippen molar-refractivity contribution in [1.29, 1.82) is 0 Å². The fourth-order valence-corrected chi connectivity index (χ4v) is 2.62. The van der Waals surface area contributed by atoms with Gasteiger partial charge in [0, 0.05) is 22.7 Å². The van der Waals surface area contributed by atoms with E-state index in [1.807, 2.05) is 37.3 Å². The third kappa shape index (κ3) is 2.42. The van der Waals surface area contributed by atoms with E-state index in [-0.39, 0.29) is 5.91 Å². The van der Waals surface area contributed by atoms with Crippen LogP contribution in [0.2, 0.25) is 0 Å². The molecule has 2 N–H and O–H groups in total. The second-order valence-corrected chi connectivity index (χ2v) is 5.42. The van der Waals surface area contributed by atoms with Crippen LogP contribution in [0.15, 0.2) is 54.7 Å². The number of fused-ring (bicyclic) bond motifs is 3. The smallest absolute Gasteiger partial charge is 0.275 e. The van der Waals surface area contributed by atoms with Crippen LogP contribution in [0.4, 0.5) is 5.82 Å². The van der Waals surface area contributed by atoms with Gasteiger partial charge in [0.25, 0.3) is 5.91 Å². The third-order valence-corrected chi connectivity index (χ3v) is 3.74. The fourth-order valence-electron chi connectivity index (χ4n) is 2.62. The fraction of sp³-hybridized carbons (Fsp3) is 0.0556. The summed E-state index contributed by atoms with van der Waals surface area (Å²) in [6, 6.07) is 15.2. The minimum Gasteiger partial charge on any atom is -0.357 e. The molecule has 23 heavy (non-hydrogen) atoms. The summed E-state index contributed by atoms with van der Waals surface area (Å²) in [5.41, 5.74) is 3.18. The van der Waals surface area contributed by atoms with Crippen LogP contribution in [-0.2, 0) is 0 Å². The van der Waals surface area contributed by atoms with Gasteiger partial charge in [-0.05, 0) is 31.2 Å². The monoisotopic (exact) mass is 302 g/mol. The topological polar surface area (TPSA) is 70.7 Å². The summed E-state index contributed by atoms with van der Waals surface area (Å²) in [7, 11) is 0. The minimum atomic E-state index is -0.263. The Hall–Kier alpha value is -3.21. The Morgan fingerprint density at radius 1 is 1.09 bits per heavy atom. The van der Waals surface area contributed by atoms with Crippen molar-refractivity contribution >= 4 is 33.5 Å². The van der Waals surface area contributed by atoms with Crippen molar-refractivity contribution in [3.05, 3.63) is 66.1 Å². The second kappa shape index (κ2) is 5.21. The van der Waals surface area contributed by atoms with Crippen LogP contribution >= 0.6 is 0 Å². The standard InChI is InChI=1S/C18H14N4O/c1-11-5-6-12-7-8-13-10-14(21-17(13)16(12)20-11)18(23)22-15-4-2-3-9-19-15/h2-10,20H,1H3,(H,19,22,23). The van der Waals surface area contributed by atoms with Gasteiger partial charge in [0.1, 0.15) is 11.5 Å². The molecule has 3 heterocycles. The predicted octanol–water partition coefficient (Wildman–Crippen LogP) is 3.67. The SMILES string of the molecule is Cc1ccc2ccc3cc(C(=O)Nc4ccccn4)nc3c2[nH]1. The number of pyridine rings is 2. The van der Waals surface area contributed by atoms with Gasteiger partial charge in [-0.3, -0.25) is 4.79 Å². The highest BCUT2D eigenvalue weighted by Crippen LogP contribution is 2.24. The highest BCUT2D eigenvalue weighted by Gasteiger charge is 2.13. The first-order valence-electron chi connectivity index (χ1n) is 7.32. The summed E-state index contributed by atoms with van der Waals surface area (Å²) < 4.78 is 0. The van der Waals surface area contributed by atoms with E-state index in [4.69, 9.17) is 0 Å². The molecule has 0 aliphatic rings. The van der Waals surface area contributed by atoms with Gasteiger partial charge >= 0.3 is 0 Å². The predicted molar refractivity (Wildman–Crippen MR) is 90.5 cm³/mol. The molecule has 0 fully saturated rings. The Labute approximate surface area is 132 Å². The molecule has 0 radical (unpaired) electrons. The van der Waals surface area contributed by atoms with Crippen LogP contribution in [0.1, 0.15) is 16.2 Å². The third-order valence-electron chi connectivity index (χ3n) is 3.74. The van der Waals surface area contributed by atoms with Crippen molar-refractivity contribution in [1.82, 2.24) is 15.0 Å². The average molecular weight is 302 g/mol. The first-order valence-corrected chi connectivity index (χ1v) is 7.32. The lowest BCUT2D eigenvalue weighted by Gasteiger charge is -2.01. The molecule has 0 atom stereocenters. The number of aromatic amines is 1. The molecule has 4 aromatic rings. The number of carbonyl (C=O) groups is 1. The molecule has 0 unspecified atom stereocenters. The molecule has 0 aliphatic heterocycles. The highest BCUT2D eigenvalue weighted by atomic mass is 16.1. The van der Waals surface area contributed by atoms with E-state index in [2.05, 4.69) is 20.3 Å². The number of amides is 1. The summed E-state index contributed by atoms with van der Waals surface area (Å²) in [4.78, 5) is 24.3. The van der Waals surface area contributed by atoms with Crippen molar-refractivity contribution in [3.63, 3.8) is 0 Å². The van der Waals surface area contributed by atoms with E-state index >= 15 is 0 Å². The number of rotatable bonds is 2. The molecule has 0 saturated heterocycles. The molecule has 0 aliphatic carbocycles. The Morgan fingerprint density at radius 3 is 2.74 bits per heavy atom. The normalized spacial score (nSPS) is 11.0. The van der Waals surface area contributed by atoms with E-state index in [9.17, 15) is 4.79 Å². The first-order chi connectivity index (χ1) is 11.2. The van der Waals surface area contributed by atoms with Crippen LogP contribution in [-0.4, -0.2) is 20.9 Å². The van der Waals surface area contributed by atoms with Gasteiger partial charge in [0.15, 0.2) is 0 Å². The van der Waals surface area contributed by atoms with Crippen LogP contribution in [0.3, 0.4) is 0 Å². The van der Waals surface area contributed by atoms with Crippen LogP contribution in [0.25, 0.3) is 21.8 Å². The molecule has 0 spiro atoms. The Bertz CT molecular complexity index is 1020. The van der Waals surface area contributed by atoms with Gasteiger partial charge in [-0.25, -0.2) is 9.97 Å². The molecular formula is C18H14N4O. The lowest BCUT2D eigenvalue weighted by molar-refractivity contribution is 0.102. The van der Waals surface area contributed by atoms with Crippen LogP contribution in [0.5, 0.6) is 0 Å². The lowest BCUT2D eigenvalue weighted by atomic mass is 10.1. The number of H-pyrrole nitrogens is 1. The largest absolute Gasteiger partial charge is 0.357 e. The van der Waals surface area contributed by atoms with Crippen molar-refractivity contribution < 1.29 is 4.79 Å². The Morgan fingerprint density at radius 2 is 1.91 bits per heavy atom. The number of nitrogens with zero attached hydrogens (tertiary/aromatic N) is 2. The van der Waals surface area contributed by atoms with E-state index in [0.29, 0.717) is 11.5 Å². The summed E-state index contributed by atoms with van der Waals surface area (Å²) in [6.07, 6.45) is 1.63. The van der Waals surface area contributed by atoms with Gasteiger partial charge in [0.2, 0.25) is 0 Å². The lowest BCUT2D eigenvalue weighted by Crippen LogP contribution is -2.12. The van der Waals surface area contributed by atoms with Gasteiger partial charge in [-0.2, -0.15) is 0 Å². The molecule has 0 saturated carbocycles. The maximum atomic E-state index is 12.4. The van der Waals surface area contributed by atoms with Gasteiger partial charge in [0.05, 0.1) is 11.0 Å². The number of nitrogens with one attached hydrogen (secondary N) is 2. The summed E-state index contributed by atoms with van der Waals surface area (Å²) in [5.74, 6) is 0.248. The number of benzene rings is 1. The average Bonchev–Trinajstić information content (AvgIpc) is 3.00. The molecular weight excluding hydrogens is 288 g/mol. The van der Waals surface area contributed by atoms with Gasteiger partial charge < -0.3 is 10.3 Å². The number of aryl methyl sites for hydroxylation is 1. The summed E-state index contributed by atoms with van der Waals surface area (Å²) in [6.45, 7) is 2.00. The summed E-state index contributed by atoms with van der Waals surface area (Å²) >= 11 is 0. The molecule has 0 bridgehead atoms. The Balaban J connectivity index is 1.78. The number of aromatic nitrogens is 3. The highest BCUT2D eigenvalue weighted by molar-refractivity contribution is 6.10. The molecule has 4 rings (SSSR count). The van der Waals surface area contributed by atoms with Crippen molar-refractivity contribution in [2.45, 2.75) is 6.92 Å². The van der Waals surface area contributed by atoms with Crippen molar-refractivity contribution in [2.75, 3.05) is 5.32 Å².